The van der Waals surface area contributed by atoms with Gasteiger partial charge in [-0.2, -0.15) is 0 Å². The van der Waals surface area contributed by atoms with Crippen molar-refractivity contribution in [1.82, 2.24) is 0 Å². The summed E-state index contributed by atoms with van der Waals surface area (Å²) < 4.78 is 27.5. The SMILES string of the molecule is Cc1cc(CN)cc(S(=O)(=O)N(C)c2ccccc2)c1Br. The highest BCUT2D eigenvalue weighted by atomic mass is 79.9. The van der Waals surface area contributed by atoms with E-state index in [0.717, 1.165) is 11.1 Å². The van der Waals surface area contributed by atoms with Crippen LogP contribution in [-0.2, 0) is 16.6 Å². The monoisotopic (exact) mass is 368 g/mol. The summed E-state index contributed by atoms with van der Waals surface area (Å²) in [6.45, 7) is 2.15. The molecule has 0 amide bonds. The zero-order chi connectivity index (χ0) is 15.6. The summed E-state index contributed by atoms with van der Waals surface area (Å²) in [4.78, 5) is 0.231. The molecule has 2 aromatic rings. The molecule has 0 unspecified atom stereocenters. The number of anilines is 1. The van der Waals surface area contributed by atoms with E-state index in [1.54, 1.807) is 37.4 Å². The molecule has 0 radical (unpaired) electrons. The van der Waals surface area contributed by atoms with Gasteiger partial charge in [-0.3, -0.25) is 4.31 Å². The Balaban J connectivity index is 2.57. The molecule has 0 aliphatic rings. The lowest BCUT2D eigenvalue weighted by molar-refractivity contribution is 0.593. The van der Waals surface area contributed by atoms with Gasteiger partial charge in [-0.05, 0) is 52.2 Å². The van der Waals surface area contributed by atoms with Crippen molar-refractivity contribution in [3.63, 3.8) is 0 Å². The number of para-hydroxylation sites is 1. The number of rotatable bonds is 4. The Hall–Kier alpha value is -1.37. The van der Waals surface area contributed by atoms with Crippen LogP contribution in [0.15, 0.2) is 51.8 Å². The summed E-state index contributed by atoms with van der Waals surface area (Å²) >= 11 is 3.37. The van der Waals surface area contributed by atoms with Crippen LogP contribution in [0, 0.1) is 6.92 Å². The second-order valence-electron chi connectivity index (χ2n) is 4.74. The largest absolute Gasteiger partial charge is 0.326 e. The predicted molar refractivity (Wildman–Crippen MR) is 88.8 cm³/mol. The van der Waals surface area contributed by atoms with E-state index in [1.807, 2.05) is 19.1 Å². The summed E-state index contributed by atoms with van der Waals surface area (Å²) in [6.07, 6.45) is 0. The number of nitrogens with two attached hydrogens (primary N) is 1. The van der Waals surface area contributed by atoms with Crippen molar-refractivity contribution in [3.8, 4) is 0 Å². The molecule has 2 aromatic carbocycles. The van der Waals surface area contributed by atoms with Crippen LogP contribution in [0.4, 0.5) is 5.69 Å². The third-order valence-corrected chi connectivity index (χ3v) is 6.40. The average molecular weight is 369 g/mol. The van der Waals surface area contributed by atoms with Crippen molar-refractivity contribution >= 4 is 31.6 Å². The van der Waals surface area contributed by atoms with Gasteiger partial charge in [0.25, 0.3) is 10.0 Å². The molecule has 0 spiro atoms. The third-order valence-electron chi connectivity index (χ3n) is 3.27. The number of benzene rings is 2. The second kappa shape index (κ2) is 6.17. The van der Waals surface area contributed by atoms with Crippen molar-refractivity contribution in [3.05, 3.63) is 58.1 Å². The maximum atomic E-state index is 12.8. The summed E-state index contributed by atoms with van der Waals surface area (Å²) in [5, 5.41) is 0. The Labute approximate surface area is 133 Å². The van der Waals surface area contributed by atoms with Gasteiger partial charge in [0.1, 0.15) is 4.90 Å². The van der Waals surface area contributed by atoms with E-state index >= 15 is 0 Å². The Morgan fingerprint density at radius 2 is 1.81 bits per heavy atom. The third kappa shape index (κ3) is 3.12. The van der Waals surface area contributed by atoms with Gasteiger partial charge in [0.05, 0.1) is 5.69 Å². The van der Waals surface area contributed by atoms with Gasteiger partial charge < -0.3 is 5.73 Å². The van der Waals surface area contributed by atoms with E-state index in [2.05, 4.69) is 15.9 Å². The van der Waals surface area contributed by atoms with Crippen LogP contribution in [-0.4, -0.2) is 15.5 Å². The van der Waals surface area contributed by atoms with Crippen LogP contribution < -0.4 is 10.0 Å². The average Bonchev–Trinajstić information content (AvgIpc) is 2.49. The van der Waals surface area contributed by atoms with Gasteiger partial charge in [-0.25, -0.2) is 8.42 Å². The van der Waals surface area contributed by atoms with E-state index in [1.165, 1.54) is 4.31 Å². The predicted octanol–water partition coefficient (Wildman–Crippen LogP) is 3.04. The molecule has 0 aliphatic carbocycles. The minimum absolute atomic E-state index is 0.231. The van der Waals surface area contributed by atoms with Gasteiger partial charge in [-0.1, -0.05) is 24.3 Å². The molecule has 0 saturated carbocycles. The zero-order valence-electron chi connectivity index (χ0n) is 11.9. The summed E-state index contributed by atoms with van der Waals surface area (Å²) in [7, 11) is -2.10. The van der Waals surface area contributed by atoms with Gasteiger partial charge in [0, 0.05) is 18.1 Å². The number of nitrogens with zero attached hydrogens (tertiary/aromatic N) is 1. The molecule has 2 N–H and O–H groups in total. The van der Waals surface area contributed by atoms with E-state index in [4.69, 9.17) is 5.73 Å². The first-order valence-corrected chi connectivity index (χ1v) is 8.64. The smallest absolute Gasteiger partial charge is 0.265 e. The van der Waals surface area contributed by atoms with Crippen LogP contribution in [0.25, 0.3) is 0 Å². The molecular formula is C15H17BrN2O2S. The zero-order valence-corrected chi connectivity index (χ0v) is 14.3. The van der Waals surface area contributed by atoms with Crippen LogP contribution in [0.3, 0.4) is 0 Å². The molecule has 2 rings (SSSR count). The van der Waals surface area contributed by atoms with E-state index in [9.17, 15) is 8.42 Å². The van der Waals surface area contributed by atoms with Gasteiger partial charge in [0.15, 0.2) is 0 Å². The maximum absolute atomic E-state index is 12.8. The van der Waals surface area contributed by atoms with Crippen molar-refractivity contribution in [2.24, 2.45) is 5.73 Å². The first-order chi connectivity index (χ1) is 9.87. The number of hydrogen-bond donors (Lipinski definition) is 1. The van der Waals surface area contributed by atoms with Crippen LogP contribution >= 0.6 is 15.9 Å². The lowest BCUT2D eigenvalue weighted by Crippen LogP contribution is -2.27. The maximum Gasteiger partial charge on any atom is 0.265 e. The van der Waals surface area contributed by atoms with Crippen molar-refractivity contribution in [1.29, 1.82) is 0 Å². The Kier molecular flexibility index (Phi) is 4.70. The molecule has 0 saturated heterocycles. The van der Waals surface area contributed by atoms with Gasteiger partial charge in [0.2, 0.25) is 0 Å². The highest BCUT2D eigenvalue weighted by molar-refractivity contribution is 9.10. The van der Waals surface area contributed by atoms with Crippen molar-refractivity contribution < 1.29 is 8.42 Å². The van der Waals surface area contributed by atoms with Crippen molar-refractivity contribution in [2.75, 3.05) is 11.4 Å². The molecular weight excluding hydrogens is 352 g/mol. The normalized spacial score (nSPS) is 11.4. The summed E-state index contributed by atoms with van der Waals surface area (Å²) in [5.41, 5.74) is 7.89. The summed E-state index contributed by atoms with van der Waals surface area (Å²) in [6, 6.07) is 12.5. The quantitative estimate of drug-likeness (QED) is 0.901. The van der Waals surface area contributed by atoms with Crippen LogP contribution in [0.1, 0.15) is 11.1 Å². The Morgan fingerprint density at radius 1 is 1.19 bits per heavy atom. The number of sulfonamides is 1. The van der Waals surface area contributed by atoms with E-state index < -0.39 is 10.0 Å². The molecule has 6 heteroatoms. The molecule has 0 heterocycles. The van der Waals surface area contributed by atoms with Crippen molar-refractivity contribution in [2.45, 2.75) is 18.4 Å². The molecule has 0 atom stereocenters. The highest BCUT2D eigenvalue weighted by Crippen LogP contribution is 2.31. The standard InChI is InChI=1S/C15H17BrN2O2S/c1-11-8-12(10-17)9-14(15(11)16)21(19,20)18(2)13-6-4-3-5-7-13/h3-9H,10,17H2,1-2H3. The van der Waals surface area contributed by atoms with Gasteiger partial charge in [-0.15, -0.1) is 0 Å². The second-order valence-corrected chi connectivity index (χ2v) is 7.47. The summed E-state index contributed by atoms with van der Waals surface area (Å²) in [5.74, 6) is 0. The molecule has 112 valence electrons. The Morgan fingerprint density at radius 3 is 2.38 bits per heavy atom. The fourth-order valence-corrected chi connectivity index (χ4v) is 4.26. The molecule has 0 aliphatic heterocycles. The highest BCUT2D eigenvalue weighted by Gasteiger charge is 2.25. The van der Waals surface area contributed by atoms with Gasteiger partial charge >= 0.3 is 0 Å². The number of hydrogen-bond acceptors (Lipinski definition) is 3. The lowest BCUT2D eigenvalue weighted by atomic mass is 10.1. The van der Waals surface area contributed by atoms with Crippen LogP contribution in [0.2, 0.25) is 0 Å². The molecule has 0 aromatic heterocycles. The van der Waals surface area contributed by atoms with Crippen LogP contribution in [0.5, 0.6) is 0 Å². The minimum Gasteiger partial charge on any atom is -0.326 e. The fraction of sp³-hybridized carbons (Fsp3) is 0.200. The molecule has 0 bridgehead atoms. The minimum atomic E-state index is -3.65. The number of halogens is 1. The fourth-order valence-electron chi connectivity index (χ4n) is 2.04. The molecule has 0 fully saturated rings. The number of aryl methyl sites for hydroxylation is 1. The molecule has 4 nitrogen and oxygen atoms in total. The Bertz CT molecular complexity index is 746. The molecule has 21 heavy (non-hydrogen) atoms. The van der Waals surface area contributed by atoms with E-state index in [-0.39, 0.29) is 4.90 Å². The first-order valence-electron chi connectivity index (χ1n) is 6.41. The topological polar surface area (TPSA) is 63.4 Å². The lowest BCUT2D eigenvalue weighted by Gasteiger charge is -2.21. The first kappa shape index (κ1) is 16.0. The van der Waals surface area contributed by atoms with E-state index in [0.29, 0.717) is 16.7 Å².